The molecule has 0 spiro atoms. The Morgan fingerprint density at radius 1 is 1.23 bits per heavy atom. The average molecular weight is 624 g/mol. The highest BCUT2D eigenvalue weighted by Crippen LogP contribution is 2.52. The number of piperidine rings is 2. The van der Waals surface area contributed by atoms with E-state index in [0.717, 1.165) is 18.2 Å². The Hall–Kier alpha value is -4.05. The molecule has 2 N–H and O–H groups in total. The van der Waals surface area contributed by atoms with Gasteiger partial charge in [0.15, 0.2) is 0 Å². The minimum absolute atomic E-state index is 0.0183. The number of anilines is 1. The average Bonchev–Trinajstić information content (AvgIpc) is 3.42. The fourth-order valence-electron chi connectivity index (χ4n) is 6.00. The van der Waals surface area contributed by atoms with Gasteiger partial charge in [0.05, 0.1) is 57.8 Å². The molecular formula is C27H25F4N5O6S. The van der Waals surface area contributed by atoms with E-state index in [1.807, 2.05) is 0 Å². The Balaban J connectivity index is 1.33. The highest BCUT2D eigenvalue weighted by Gasteiger charge is 2.56. The van der Waals surface area contributed by atoms with E-state index < -0.39 is 52.2 Å². The maximum Gasteiger partial charge on any atom is 0.573 e. The molecule has 2 aromatic carbocycles. The molecule has 7 rings (SSSR count). The van der Waals surface area contributed by atoms with Crippen LogP contribution in [0.1, 0.15) is 24.3 Å². The van der Waals surface area contributed by atoms with E-state index in [-0.39, 0.29) is 46.1 Å². The second-order valence-corrected chi connectivity index (χ2v) is 12.3. The molecule has 3 fully saturated rings. The van der Waals surface area contributed by atoms with E-state index in [4.69, 9.17) is 15.0 Å². The van der Waals surface area contributed by atoms with Crippen LogP contribution in [-0.4, -0.2) is 69.6 Å². The van der Waals surface area contributed by atoms with Crippen molar-refractivity contribution >= 4 is 28.5 Å². The minimum atomic E-state index is -4.87. The van der Waals surface area contributed by atoms with Crippen LogP contribution in [-0.2, 0) is 32.3 Å². The molecule has 4 aliphatic rings. The number of ether oxygens (including phenoxy) is 2. The van der Waals surface area contributed by atoms with Crippen molar-refractivity contribution in [3.8, 4) is 17.1 Å². The predicted molar refractivity (Wildman–Crippen MR) is 142 cm³/mol. The van der Waals surface area contributed by atoms with Crippen LogP contribution >= 0.6 is 0 Å². The van der Waals surface area contributed by atoms with Crippen LogP contribution < -0.4 is 15.4 Å². The van der Waals surface area contributed by atoms with Gasteiger partial charge in [-0.3, -0.25) is 9.00 Å². The van der Waals surface area contributed by atoms with Crippen LogP contribution in [0.2, 0.25) is 0 Å². The molecule has 11 nitrogen and oxygen atoms in total. The van der Waals surface area contributed by atoms with Gasteiger partial charge in [0.25, 0.3) is 0 Å². The lowest BCUT2D eigenvalue weighted by atomic mass is 9.58. The molecule has 2 atom stereocenters. The number of rotatable bonds is 5. The van der Waals surface area contributed by atoms with Crippen LogP contribution in [0.25, 0.3) is 11.4 Å². The molecule has 2 amide bonds. The number of carbonyl (C=O) groups is 2. The zero-order chi connectivity index (χ0) is 30.7. The number of alkyl halides is 3. The van der Waals surface area contributed by atoms with Crippen molar-refractivity contribution in [2.45, 2.75) is 42.1 Å². The Kier molecular flexibility index (Phi) is 7.15. The summed E-state index contributed by atoms with van der Waals surface area (Å²) in [4.78, 5) is 32.7. The number of nitrogens with zero attached hydrogens (tertiary/aromatic N) is 4. The first-order valence-electron chi connectivity index (χ1n) is 13.2. The third kappa shape index (κ3) is 5.44. The molecule has 1 aliphatic carbocycles. The first-order valence-corrected chi connectivity index (χ1v) is 14.5. The molecule has 2 bridgehead atoms. The van der Waals surface area contributed by atoms with Gasteiger partial charge in [0.1, 0.15) is 11.6 Å². The fourth-order valence-corrected chi connectivity index (χ4v) is 7.28. The molecule has 3 aromatic rings. The number of benzene rings is 2. The lowest BCUT2D eigenvalue weighted by Gasteiger charge is -2.53. The second-order valence-electron chi connectivity index (χ2n) is 10.9. The van der Waals surface area contributed by atoms with Gasteiger partial charge in [-0.1, -0.05) is 17.3 Å². The molecule has 228 valence electrons. The summed E-state index contributed by atoms with van der Waals surface area (Å²) in [5.41, 5.74) is 5.80. The molecule has 1 saturated carbocycles. The first-order chi connectivity index (χ1) is 20.4. The Labute approximate surface area is 244 Å². The lowest BCUT2D eigenvalue weighted by molar-refractivity contribution is -0.274. The zero-order valence-corrected chi connectivity index (χ0v) is 23.4. The molecule has 16 heteroatoms. The summed E-state index contributed by atoms with van der Waals surface area (Å²) in [6.45, 7) is 0.686. The lowest BCUT2D eigenvalue weighted by Crippen LogP contribution is -2.60. The summed E-state index contributed by atoms with van der Waals surface area (Å²) in [6.07, 6.45) is -3.92. The Morgan fingerprint density at radius 2 is 1.95 bits per heavy atom. The van der Waals surface area contributed by atoms with Gasteiger partial charge in [0, 0.05) is 13.1 Å². The molecular weight excluding hydrogens is 598 g/mol. The standard InChI is InChI=1S/C27H25F4N5O6S/c1-40-25(38)35-10-15-8-26(9-15,13-35)24-33-22(34-42-24)17-6-20-21(7-18(17)28)43(39)12-19(32)23(37)36(20)11-14-2-4-16(5-3-14)41-27(29,30)31/h2-7,15,19H,8-13,32H2,1H3/t15?,19-,26?,43?/m0/s1. The van der Waals surface area contributed by atoms with Gasteiger partial charge in [-0.05, 0) is 48.6 Å². The summed E-state index contributed by atoms with van der Waals surface area (Å²) in [5.74, 6) is -1.76. The maximum absolute atomic E-state index is 15.5. The van der Waals surface area contributed by atoms with E-state index in [9.17, 15) is 27.0 Å². The van der Waals surface area contributed by atoms with E-state index in [1.54, 1.807) is 4.90 Å². The molecule has 0 radical (unpaired) electrons. The van der Waals surface area contributed by atoms with Crippen molar-refractivity contribution in [2.75, 3.05) is 30.9 Å². The monoisotopic (exact) mass is 623 g/mol. The topological polar surface area (TPSA) is 141 Å². The summed E-state index contributed by atoms with van der Waals surface area (Å²) < 4.78 is 80.6. The van der Waals surface area contributed by atoms with Gasteiger partial charge >= 0.3 is 12.5 Å². The predicted octanol–water partition coefficient (Wildman–Crippen LogP) is 3.49. The van der Waals surface area contributed by atoms with Crippen molar-refractivity contribution in [2.24, 2.45) is 11.7 Å². The van der Waals surface area contributed by atoms with Gasteiger partial charge < -0.3 is 29.5 Å². The van der Waals surface area contributed by atoms with Crippen molar-refractivity contribution in [1.82, 2.24) is 15.0 Å². The summed E-state index contributed by atoms with van der Waals surface area (Å²) in [6, 6.07) is 6.01. The first kappa shape index (κ1) is 29.0. The minimum Gasteiger partial charge on any atom is -0.453 e. The van der Waals surface area contributed by atoms with Crippen LogP contribution in [0.3, 0.4) is 0 Å². The SMILES string of the molecule is COC(=O)N1CC2CC(c3nc(-c4cc5c(cc4F)S(=O)C[C@H](N)C(=O)N5Cc4ccc(OC(F)(F)F)cc4)no3)(C2)C1. The summed E-state index contributed by atoms with van der Waals surface area (Å²) in [7, 11) is -0.549. The highest BCUT2D eigenvalue weighted by molar-refractivity contribution is 7.85. The van der Waals surface area contributed by atoms with E-state index in [2.05, 4.69) is 14.9 Å². The number of methoxy groups -OCH3 is 1. The smallest absolute Gasteiger partial charge is 0.453 e. The molecule has 1 aromatic heterocycles. The van der Waals surface area contributed by atoms with Crippen LogP contribution in [0.4, 0.5) is 28.0 Å². The number of hydrogen-bond donors (Lipinski definition) is 1. The Morgan fingerprint density at radius 3 is 2.63 bits per heavy atom. The number of halogens is 4. The number of nitrogens with two attached hydrogens (primary N) is 1. The van der Waals surface area contributed by atoms with E-state index >= 15 is 4.39 Å². The number of carbonyl (C=O) groups excluding carboxylic acids is 2. The van der Waals surface area contributed by atoms with Crippen molar-refractivity contribution in [1.29, 1.82) is 0 Å². The van der Waals surface area contributed by atoms with E-state index in [0.29, 0.717) is 31.5 Å². The molecule has 43 heavy (non-hydrogen) atoms. The molecule has 4 heterocycles. The van der Waals surface area contributed by atoms with Crippen LogP contribution in [0, 0.1) is 11.7 Å². The second kappa shape index (κ2) is 10.6. The van der Waals surface area contributed by atoms with Crippen molar-refractivity contribution < 1.29 is 45.4 Å². The highest BCUT2D eigenvalue weighted by atomic mass is 32.2. The zero-order valence-electron chi connectivity index (χ0n) is 22.6. The van der Waals surface area contributed by atoms with Crippen molar-refractivity contribution in [3.05, 3.63) is 53.7 Å². The molecule has 3 aliphatic heterocycles. The summed E-state index contributed by atoms with van der Waals surface area (Å²) >= 11 is 0. The number of fused-ring (bicyclic) bond motifs is 3. The van der Waals surface area contributed by atoms with Crippen molar-refractivity contribution in [3.63, 3.8) is 0 Å². The van der Waals surface area contributed by atoms with Gasteiger partial charge in [-0.15, -0.1) is 13.2 Å². The van der Waals surface area contributed by atoms with Gasteiger partial charge in [0.2, 0.25) is 17.6 Å². The third-order valence-corrected chi connectivity index (χ3v) is 9.36. The number of hydrogen-bond acceptors (Lipinski definition) is 9. The van der Waals surface area contributed by atoms with Gasteiger partial charge in [-0.2, -0.15) is 4.98 Å². The number of aromatic nitrogens is 2. The van der Waals surface area contributed by atoms with Crippen LogP contribution in [0.15, 0.2) is 45.8 Å². The van der Waals surface area contributed by atoms with Gasteiger partial charge in [-0.25, -0.2) is 9.18 Å². The molecule has 1 unspecified atom stereocenters. The normalized spacial score (nSPS) is 25.1. The summed E-state index contributed by atoms with van der Waals surface area (Å²) in [5, 5.41) is 3.99. The largest absolute Gasteiger partial charge is 0.573 e. The fraction of sp³-hybridized carbons (Fsp3) is 0.407. The molecule has 2 saturated heterocycles. The Bertz CT molecular complexity index is 1610. The third-order valence-electron chi connectivity index (χ3n) is 7.88. The number of amides is 2. The van der Waals surface area contributed by atoms with Crippen LogP contribution in [0.5, 0.6) is 5.75 Å². The van der Waals surface area contributed by atoms with E-state index in [1.165, 1.54) is 30.2 Å². The quantitative estimate of drug-likeness (QED) is 0.423. The maximum atomic E-state index is 15.5.